The summed E-state index contributed by atoms with van der Waals surface area (Å²) in [6, 6.07) is -3.25. The standard InChI is InChI=1S/C89H138N32O19S2/c90-35-5-3-17-58-74(128)115-63(18-4-6-36-91)83(137)121-43-13-24-68(121)81(135)117-65(45-50-27-33-55(123)34-28-50)78(132)114-60(22-11-41-107-88(101)139)73(127)112-61(23-12-42-108-89(102)140)75(129)118-66(79(133)109-57(70(93)124)19-8-38-104-85(96)97)47-141-142-48-67(80(134)116-64(44-49-25-31-54(122)32-26-49)77(131)113-59(72(126)111-58)21-10-40-106-87(100)138)119-82(136)69(53-30-29-51-14-1-2-15-52(51)46-53)120-76(130)62(20-9-39-105-86(98)99)110-71(125)56(92)16-7-37-103-84(94)95/h1-2,14-15,25-34,46,56-69,122-123H,3-13,16-24,35-45,47-48,90-92H2,(H2,93,124)(H,109,133)(H,110,125)(H,111,126)(H,112,127)(H,113,131)(H,114,132)(H,115,128)(H,116,134)(H,117,135)(H,118,129)(H,119,136)(H,120,130)(H4,94,95,103)(H4,96,97,104)(H4,98,99,105)(H3,100,106,138)(H3,101,107,139)(H3,102,108,140)/t56-,57-,58+,59-,60-,61-,62-,63-,64+,65-,66+,67+,68+,69-/m0/s1. The Labute approximate surface area is 828 Å². The maximum absolute atomic E-state index is 16.0. The number of phenols is 2. The quantitative estimate of drug-likeness (QED) is 0.00846. The van der Waals surface area contributed by atoms with Crippen molar-refractivity contribution in [2.45, 2.75) is 226 Å². The van der Waals surface area contributed by atoms with Crippen LogP contribution in [0.5, 0.6) is 11.5 Å². The molecule has 2 fully saturated rings. The minimum atomic E-state index is -1.92. The minimum Gasteiger partial charge on any atom is -0.508 e. The van der Waals surface area contributed by atoms with Crippen molar-refractivity contribution in [2.24, 2.45) is 89.5 Å². The SMILES string of the molecule is NCCCC[C@@H]1NC(=O)[C@@H](CCCCN)NC(=O)[C@H](CCCNC(N)=O)NC(=O)[C@@H](Cc2ccc(O)cc2)NC(=O)[C@H](NC(=O)[C@@H](NC(=O)[C@H](CCCN=C(N)N)NC(=O)[C@@H](N)CCCN=C(N)N)c2ccc3ccccc3c2)CSSC[C@H](C(=O)N[C@@H](CCCN=C(N)N)C(N)=O)NC(=O)[C@H](CCCNC(N)=O)NC(=O)[C@H](CCCNC(N)=O)NC(=O)[C@H](Cc2ccc(O)cc2)NC(=O)[C@H]2CCCN2C1=O. The first-order valence-electron chi connectivity index (χ1n) is 46.7. The molecule has 0 saturated carbocycles. The Morgan fingerprint density at radius 3 is 1.30 bits per heavy atom. The number of guanidine groups is 3. The summed E-state index contributed by atoms with van der Waals surface area (Å²) in [6.45, 7) is -0.460. The molecule has 14 atom stereocenters. The van der Waals surface area contributed by atoms with E-state index in [0.29, 0.717) is 29.2 Å². The molecule has 51 nitrogen and oxygen atoms in total. The topological polar surface area (TPSA) is 890 Å². The number of aromatic hydroxyl groups is 2. The van der Waals surface area contributed by atoms with E-state index in [0.717, 1.165) is 21.6 Å². The zero-order valence-electron chi connectivity index (χ0n) is 79.0. The molecule has 0 radical (unpaired) electrons. The summed E-state index contributed by atoms with van der Waals surface area (Å²) in [7, 11) is 1.49. The summed E-state index contributed by atoms with van der Waals surface area (Å²) in [5.74, 6) is -16.7. The van der Waals surface area contributed by atoms with Crippen LogP contribution in [0.2, 0.25) is 0 Å². The number of amides is 20. The molecular formula is C89H138N32O19S2. The summed E-state index contributed by atoms with van der Waals surface area (Å²) in [5, 5.41) is 61.7. The second kappa shape index (κ2) is 61.9. The van der Waals surface area contributed by atoms with Crippen LogP contribution in [-0.2, 0) is 80.0 Å². The zero-order chi connectivity index (χ0) is 104. The molecule has 2 aliphatic heterocycles. The lowest BCUT2D eigenvalue weighted by Gasteiger charge is -2.31. The van der Waals surface area contributed by atoms with Gasteiger partial charge >= 0.3 is 18.1 Å². The van der Waals surface area contributed by atoms with Gasteiger partial charge in [-0.3, -0.25) is 82.1 Å². The molecule has 4 aromatic carbocycles. The van der Waals surface area contributed by atoms with Gasteiger partial charge in [0.2, 0.25) is 82.7 Å². The Morgan fingerprint density at radius 1 is 0.423 bits per heavy atom. The van der Waals surface area contributed by atoms with E-state index in [1.165, 1.54) is 59.5 Å². The number of benzene rings is 4. The van der Waals surface area contributed by atoms with Crippen LogP contribution in [0.1, 0.15) is 151 Å². The van der Waals surface area contributed by atoms with Crippen molar-refractivity contribution in [3.63, 3.8) is 0 Å². The van der Waals surface area contributed by atoms with Gasteiger partial charge in [-0.25, -0.2) is 14.4 Å². The summed E-state index contributed by atoms with van der Waals surface area (Å²) in [5.41, 5.74) is 74.8. The Morgan fingerprint density at radius 2 is 0.838 bits per heavy atom. The number of nitrogens with zero attached hydrogens (tertiary/aromatic N) is 4. The number of aliphatic imine (C=N–C) groups is 3. The maximum Gasteiger partial charge on any atom is 0.312 e. The van der Waals surface area contributed by atoms with Crippen LogP contribution >= 0.6 is 21.6 Å². The van der Waals surface area contributed by atoms with Crippen LogP contribution < -0.4 is 154 Å². The highest BCUT2D eigenvalue weighted by molar-refractivity contribution is 8.76. The number of hydrogen-bond donors (Lipinski definition) is 30. The normalized spacial score (nSPS) is 20.3. The number of rotatable bonds is 46. The van der Waals surface area contributed by atoms with Crippen molar-refractivity contribution < 1.29 is 91.7 Å². The van der Waals surface area contributed by atoms with Crippen molar-refractivity contribution in [3.05, 3.63) is 108 Å². The second-order valence-corrected chi connectivity index (χ2v) is 36.5. The van der Waals surface area contributed by atoms with Crippen molar-refractivity contribution >= 4 is 151 Å². The maximum atomic E-state index is 16.0. The highest BCUT2D eigenvalue weighted by atomic mass is 33.1. The molecule has 0 aromatic heterocycles. The first-order chi connectivity index (χ1) is 67.7. The number of primary amides is 4. The van der Waals surface area contributed by atoms with Crippen molar-refractivity contribution in [1.82, 2.24) is 84.7 Å². The first-order valence-corrected chi connectivity index (χ1v) is 49.2. The molecule has 0 unspecified atom stereocenters. The van der Waals surface area contributed by atoms with Crippen LogP contribution in [-0.4, -0.2) is 283 Å². The van der Waals surface area contributed by atoms with Gasteiger partial charge in [0.05, 0.1) is 6.04 Å². The summed E-state index contributed by atoms with van der Waals surface area (Å²) < 4.78 is 0. The number of unbranched alkanes of at least 4 members (excludes halogenated alkanes) is 2. The molecule has 4 aromatic rings. The molecule has 2 heterocycles. The summed E-state index contributed by atoms with van der Waals surface area (Å²) >= 11 is 0. The number of urea groups is 3. The molecular weight excluding hydrogens is 1890 g/mol. The third-order valence-corrected chi connectivity index (χ3v) is 25.2. The van der Waals surface area contributed by atoms with Crippen molar-refractivity contribution in [3.8, 4) is 11.5 Å². The second-order valence-electron chi connectivity index (χ2n) is 33.9. The lowest BCUT2D eigenvalue weighted by molar-refractivity contribution is -0.142. The van der Waals surface area contributed by atoms with Gasteiger partial charge in [-0.15, -0.1) is 0 Å². The number of carbonyl (C=O) groups is 17. The fraction of sp³-hybridized carbons (Fsp3) is 0.528. The van der Waals surface area contributed by atoms with E-state index in [9.17, 15) is 34.2 Å². The highest BCUT2D eigenvalue weighted by Gasteiger charge is 2.43. The summed E-state index contributed by atoms with van der Waals surface area (Å²) in [4.78, 5) is 262. The van der Waals surface area contributed by atoms with Gasteiger partial charge in [0.1, 0.15) is 90.0 Å². The average molecular weight is 2020 g/mol. The van der Waals surface area contributed by atoms with Crippen molar-refractivity contribution in [2.75, 3.05) is 70.4 Å². The number of nitrogens with two attached hydrogens (primary N) is 13. The van der Waals surface area contributed by atoms with Crippen molar-refractivity contribution in [1.29, 1.82) is 0 Å². The summed E-state index contributed by atoms with van der Waals surface area (Å²) in [6.07, 6.45) is -1.30. The van der Waals surface area contributed by atoms with Gasteiger partial charge in [-0.2, -0.15) is 0 Å². The molecule has 0 spiro atoms. The first kappa shape index (κ1) is 116. The van der Waals surface area contributed by atoms with Crippen LogP contribution in [0, 0.1) is 0 Å². The predicted molar refractivity (Wildman–Crippen MR) is 533 cm³/mol. The van der Waals surface area contributed by atoms with E-state index in [-0.39, 0.29) is 215 Å². The van der Waals surface area contributed by atoms with Crippen LogP contribution in [0.4, 0.5) is 14.4 Å². The largest absolute Gasteiger partial charge is 0.508 e. The fourth-order valence-electron chi connectivity index (χ4n) is 15.2. The molecule has 0 aliphatic carbocycles. The smallest absolute Gasteiger partial charge is 0.312 e. The van der Waals surface area contributed by atoms with Gasteiger partial charge in [0.25, 0.3) is 0 Å². The molecule has 20 amide bonds. The van der Waals surface area contributed by atoms with Gasteiger partial charge in [-0.1, -0.05) is 82.3 Å². The molecule has 6 rings (SSSR count). The number of hydrogen-bond acceptors (Lipinski definition) is 27. The van der Waals surface area contributed by atoms with Crippen LogP contribution in [0.3, 0.4) is 0 Å². The molecule has 0 bridgehead atoms. The monoisotopic (exact) mass is 2020 g/mol. The van der Waals surface area contributed by atoms with E-state index in [4.69, 9.17) is 74.5 Å². The predicted octanol–water partition coefficient (Wildman–Crippen LogP) is -6.81. The zero-order valence-corrected chi connectivity index (χ0v) is 80.7. The van der Waals surface area contributed by atoms with Gasteiger partial charge in [0.15, 0.2) is 17.9 Å². The van der Waals surface area contributed by atoms with Gasteiger partial charge in [0, 0.05) is 70.2 Å². The van der Waals surface area contributed by atoms with E-state index in [1.54, 1.807) is 36.4 Å². The molecule has 53 heteroatoms. The minimum absolute atomic E-state index is 0.00169. The lowest BCUT2D eigenvalue weighted by Crippen LogP contribution is -2.61. The van der Waals surface area contributed by atoms with E-state index in [1.807, 2.05) is 0 Å². The fourth-order valence-corrected chi connectivity index (χ4v) is 17.6. The van der Waals surface area contributed by atoms with Crippen LogP contribution in [0.25, 0.3) is 10.8 Å². The number of phenolic OH excluding ortho intramolecular Hbond substituents is 2. The Balaban J connectivity index is 1.62. The van der Waals surface area contributed by atoms with Gasteiger partial charge in [-0.05, 0) is 199 Å². The number of carbonyl (C=O) groups excluding carboxylic acids is 17. The van der Waals surface area contributed by atoms with E-state index >= 15 is 57.5 Å². The molecule has 43 N–H and O–H groups in total. The number of fused-ring (bicyclic) bond motifs is 2. The van der Waals surface area contributed by atoms with Crippen LogP contribution in [0.15, 0.2) is 106 Å². The van der Waals surface area contributed by atoms with E-state index < -0.39 is 210 Å². The Bertz CT molecular complexity index is 5000. The third-order valence-electron chi connectivity index (χ3n) is 22.8. The molecule has 142 heavy (non-hydrogen) atoms. The molecule has 2 aliphatic rings. The van der Waals surface area contributed by atoms with E-state index in [2.05, 4.69) is 94.7 Å². The number of nitrogens with one attached hydrogen (secondary N) is 15. The Hall–Kier alpha value is -14.5. The third kappa shape index (κ3) is 42.3. The highest BCUT2D eigenvalue weighted by Crippen LogP contribution is 2.28. The molecule has 780 valence electrons. The van der Waals surface area contributed by atoms with Gasteiger partial charge < -0.3 is 169 Å². The average Bonchev–Trinajstić information content (AvgIpc) is 1.32. The Kier molecular flexibility index (Phi) is 50.6. The lowest BCUT2D eigenvalue weighted by atomic mass is 10.00. The molecule has 2 saturated heterocycles.